The van der Waals surface area contributed by atoms with E-state index >= 15 is 0 Å². The maximum atomic E-state index is 11.7. The number of benzene rings is 1. The zero-order valence-electron chi connectivity index (χ0n) is 13.6. The highest BCUT2D eigenvalue weighted by Gasteiger charge is 2.07. The van der Waals surface area contributed by atoms with Crippen LogP contribution in [0.4, 0.5) is 5.69 Å². The zero-order valence-corrected chi connectivity index (χ0v) is 13.6. The monoisotopic (exact) mass is 298 g/mol. The Morgan fingerprint density at radius 1 is 1.27 bits per heavy atom. The Morgan fingerprint density at radius 3 is 2.68 bits per heavy atom. The molecule has 0 spiro atoms. The number of esters is 1. The zero-order chi connectivity index (χ0) is 16.1. The highest BCUT2D eigenvalue weighted by molar-refractivity contribution is 5.91. The number of hydrogen-bond donors (Lipinski definition) is 0. The molecule has 1 heterocycles. The Labute approximate surface area is 131 Å². The number of aliphatic imine (C=N–C) groups is 1. The smallest absolute Gasteiger partial charge is 0.338 e. The molecule has 0 atom stereocenters. The van der Waals surface area contributed by atoms with Crippen LogP contribution in [-0.2, 0) is 11.3 Å². The fraction of sp³-hybridized carbons (Fsp3) is 0.333. The van der Waals surface area contributed by atoms with Gasteiger partial charge in [-0.3, -0.25) is 4.99 Å². The van der Waals surface area contributed by atoms with E-state index in [1.807, 2.05) is 18.3 Å². The topological polar surface area (TPSA) is 43.6 Å². The van der Waals surface area contributed by atoms with Gasteiger partial charge in [0.2, 0.25) is 0 Å². The Kier molecular flexibility index (Phi) is 5.15. The van der Waals surface area contributed by atoms with Crippen LogP contribution in [0, 0.1) is 13.8 Å². The number of ether oxygens (including phenoxy) is 1. The van der Waals surface area contributed by atoms with E-state index in [2.05, 4.69) is 36.4 Å². The lowest BCUT2D eigenvalue weighted by Crippen LogP contribution is -2.03. The Morgan fingerprint density at radius 2 is 2.05 bits per heavy atom. The van der Waals surface area contributed by atoms with Gasteiger partial charge in [-0.05, 0) is 52.0 Å². The molecule has 0 radical (unpaired) electrons. The minimum atomic E-state index is -0.316. The molecule has 4 heteroatoms. The normalized spacial score (nSPS) is 11.1. The summed E-state index contributed by atoms with van der Waals surface area (Å²) in [4.78, 5) is 16.2. The summed E-state index contributed by atoms with van der Waals surface area (Å²) in [7, 11) is 0. The van der Waals surface area contributed by atoms with Gasteiger partial charge in [-0.15, -0.1) is 0 Å². The van der Waals surface area contributed by atoms with Gasteiger partial charge in [-0.25, -0.2) is 4.79 Å². The Hall–Kier alpha value is -2.36. The molecule has 2 rings (SSSR count). The van der Waals surface area contributed by atoms with Crippen molar-refractivity contribution in [1.82, 2.24) is 4.57 Å². The number of aromatic nitrogens is 1. The molecule has 22 heavy (non-hydrogen) atoms. The largest absolute Gasteiger partial charge is 0.462 e. The van der Waals surface area contributed by atoms with E-state index in [0.717, 1.165) is 17.8 Å². The van der Waals surface area contributed by atoms with Crippen molar-refractivity contribution in [2.24, 2.45) is 4.99 Å². The third-order valence-corrected chi connectivity index (χ3v) is 3.64. The second-order valence-electron chi connectivity index (χ2n) is 5.10. The van der Waals surface area contributed by atoms with E-state index in [0.29, 0.717) is 12.2 Å². The average molecular weight is 298 g/mol. The molecule has 0 saturated heterocycles. The van der Waals surface area contributed by atoms with Crippen molar-refractivity contribution in [3.05, 3.63) is 52.8 Å². The molecule has 0 saturated carbocycles. The minimum absolute atomic E-state index is 0.316. The van der Waals surface area contributed by atoms with E-state index in [-0.39, 0.29) is 5.97 Å². The van der Waals surface area contributed by atoms with Crippen molar-refractivity contribution in [3.8, 4) is 0 Å². The van der Waals surface area contributed by atoms with Gasteiger partial charge in [0.25, 0.3) is 0 Å². The van der Waals surface area contributed by atoms with Gasteiger partial charge < -0.3 is 9.30 Å². The first-order valence-electron chi connectivity index (χ1n) is 7.54. The van der Waals surface area contributed by atoms with Crippen LogP contribution in [0.25, 0.3) is 0 Å². The van der Waals surface area contributed by atoms with Crippen LogP contribution in [0.3, 0.4) is 0 Å². The fourth-order valence-corrected chi connectivity index (χ4v) is 2.52. The van der Waals surface area contributed by atoms with Gasteiger partial charge in [-0.2, -0.15) is 0 Å². The predicted octanol–water partition coefficient (Wildman–Crippen LogP) is 4.05. The first kappa shape index (κ1) is 16.0. The van der Waals surface area contributed by atoms with E-state index in [1.54, 1.807) is 19.1 Å². The van der Waals surface area contributed by atoms with E-state index in [1.165, 1.54) is 11.4 Å². The van der Waals surface area contributed by atoms with Crippen LogP contribution in [0.1, 0.15) is 41.2 Å². The maximum Gasteiger partial charge on any atom is 0.338 e. The quantitative estimate of drug-likeness (QED) is 0.617. The molecular formula is C18H22N2O2. The number of nitrogens with zero attached hydrogens (tertiary/aromatic N) is 2. The first-order valence-corrected chi connectivity index (χ1v) is 7.54. The second-order valence-corrected chi connectivity index (χ2v) is 5.10. The van der Waals surface area contributed by atoms with Gasteiger partial charge in [0, 0.05) is 29.7 Å². The molecule has 4 nitrogen and oxygen atoms in total. The van der Waals surface area contributed by atoms with E-state index in [4.69, 9.17) is 4.74 Å². The van der Waals surface area contributed by atoms with Crippen LogP contribution in [0.15, 0.2) is 35.3 Å². The molecule has 1 aromatic heterocycles. The second kappa shape index (κ2) is 7.07. The lowest BCUT2D eigenvalue weighted by atomic mass is 10.2. The fourth-order valence-electron chi connectivity index (χ4n) is 2.52. The van der Waals surface area contributed by atoms with E-state index in [9.17, 15) is 4.79 Å². The van der Waals surface area contributed by atoms with Crippen LogP contribution < -0.4 is 0 Å². The summed E-state index contributed by atoms with van der Waals surface area (Å²) >= 11 is 0. The number of aryl methyl sites for hydroxylation is 1. The SMILES string of the molecule is CCOC(=O)c1cccc(N=Cc2cc(C)n(CC)c2C)c1. The molecule has 116 valence electrons. The summed E-state index contributed by atoms with van der Waals surface area (Å²) in [6.07, 6.45) is 1.85. The van der Waals surface area contributed by atoms with Crippen molar-refractivity contribution in [2.75, 3.05) is 6.61 Å². The molecular weight excluding hydrogens is 276 g/mol. The molecule has 0 N–H and O–H groups in total. The van der Waals surface area contributed by atoms with Crippen molar-refractivity contribution in [1.29, 1.82) is 0 Å². The molecule has 1 aromatic carbocycles. The molecule has 0 aliphatic rings. The Balaban J connectivity index is 2.24. The Bertz CT molecular complexity index is 699. The van der Waals surface area contributed by atoms with E-state index < -0.39 is 0 Å². The molecule has 0 fully saturated rings. The summed E-state index contributed by atoms with van der Waals surface area (Å²) in [6.45, 7) is 9.43. The summed E-state index contributed by atoms with van der Waals surface area (Å²) in [5.74, 6) is -0.316. The third-order valence-electron chi connectivity index (χ3n) is 3.64. The van der Waals surface area contributed by atoms with Crippen molar-refractivity contribution >= 4 is 17.9 Å². The van der Waals surface area contributed by atoms with Crippen LogP contribution in [-0.4, -0.2) is 23.4 Å². The minimum Gasteiger partial charge on any atom is -0.462 e. The summed E-state index contributed by atoms with van der Waals surface area (Å²) in [6, 6.07) is 9.29. The standard InChI is InChI=1S/C18H22N2O2/c1-5-20-13(3)10-16(14(20)4)12-19-17-9-7-8-15(11-17)18(21)22-6-2/h7-12H,5-6H2,1-4H3. The summed E-state index contributed by atoms with van der Waals surface area (Å²) in [5, 5.41) is 0. The highest BCUT2D eigenvalue weighted by atomic mass is 16.5. The van der Waals surface area contributed by atoms with Crippen molar-refractivity contribution < 1.29 is 9.53 Å². The van der Waals surface area contributed by atoms with Gasteiger partial charge in [0.05, 0.1) is 17.9 Å². The number of carbonyl (C=O) groups is 1. The molecule has 0 unspecified atom stereocenters. The van der Waals surface area contributed by atoms with Crippen LogP contribution in [0.5, 0.6) is 0 Å². The lowest BCUT2D eigenvalue weighted by Gasteiger charge is -2.04. The molecule has 0 bridgehead atoms. The maximum absolute atomic E-state index is 11.7. The van der Waals surface area contributed by atoms with Gasteiger partial charge in [-0.1, -0.05) is 6.07 Å². The predicted molar refractivity (Wildman–Crippen MR) is 89.2 cm³/mol. The summed E-state index contributed by atoms with van der Waals surface area (Å²) < 4.78 is 7.25. The van der Waals surface area contributed by atoms with Crippen molar-refractivity contribution in [3.63, 3.8) is 0 Å². The summed E-state index contributed by atoms with van der Waals surface area (Å²) in [5.41, 5.74) is 4.79. The van der Waals surface area contributed by atoms with Crippen LogP contribution >= 0.6 is 0 Å². The van der Waals surface area contributed by atoms with Gasteiger partial charge >= 0.3 is 5.97 Å². The average Bonchev–Trinajstić information content (AvgIpc) is 2.79. The first-order chi connectivity index (χ1) is 10.6. The lowest BCUT2D eigenvalue weighted by molar-refractivity contribution is 0.0526. The highest BCUT2D eigenvalue weighted by Crippen LogP contribution is 2.17. The molecule has 2 aromatic rings. The molecule has 0 aliphatic carbocycles. The van der Waals surface area contributed by atoms with Gasteiger partial charge in [0.15, 0.2) is 0 Å². The number of rotatable bonds is 5. The van der Waals surface area contributed by atoms with Crippen molar-refractivity contribution in [2.45, 2.75) is 34.2 Å². The molecule has 0 aliphatic heterocycles. The third kappa shape index (κ3) is 3.45. The molecule has 0 amide bonds. The van der Waals surface area contributed by atoms with Gasteiger partial charge in [0.1, 0.15) is 0 Å². The van der Waals surface area contributed by atoms with Crippen LogP contribution in [0.2, 0.25) is 0 Å². The number of hydrogen-bond acceptors (Lipinski definition) is 3. The number of carbonyl (C=O) groups excluding carboxylic acids is 1.